The summed E-state index contributed by atoms with van der Waals surface area (Å²) in [5.74, 6) is -1.06. The molecule has 0 spiro atoms. The van der Waals surface area contributed by atoms with Gasteiger partial charge in [-0.15, -0.1) is 0 Å². The Hall–Kier alpha value is -1.63. The molecule has 0 amide bonds. The summed E-state index contributed by atoms with van der Waals surface area (Å²) in [5, 5.41) is 9.82. The Labute approximate surface area is 131 Å². The molecule has 20 heavy (non-hydrogen) atoms. The van der Waals surface area contributed by atoms with Gasteiger partial charge >= 0.3 is 0 Å². The third kappa shape index (κ3) is 3.09. The van der Waals surface area contributed by atoms with Crippen molar-refractivity contribution in [2.75, 3.05) is 0 Å². The molecule has 0 radical (unpaired) electrons. The van der Waals surface area contributed by atoms with Gasteiger partial charge in [0.2, 0.25) is 0 Å². The maximum absolute atomic E-state index is 12.5. The number of carbonyl (C=O) groups is 1. The number of nitriles is 1. The summed E-state index contributed by atoms with van der Waals surface area (Å²) >= 11 is 9.31. The van der Waals surface area contributed by atoms with Crippen molar-refractivity contribution < 1.29 is 4.79 Å². The van der Waals surface area contributed by atoms with E-state index in [1.54, 1.807) is 36.4 Å². The Balaban J connectivity index is 2.39. The largest absolute Gasteiger partial charge is 0.292 e. The van der Waals surface area contributed by atoms with E-state index in [4.69, 9.17) is 11.6 Å². The molecule has 0 saturated heterocycles. The number of hydrogen-bond acceptors (Lipinski definition) is 2. The molecule has 0 aliphatic rings. The lowest BCUT2D eigenvalue weighted by molar-refractivity contribution is 0.0979. The molecule has 0 fully saturated rings. The van der Waals surface area contributed by atoms with E-state index in [0.29, 0.717) is 16.1 Å². The first-order valence-electron chi connectivity index (χ1n) is 5.98. The zero-order chi connectivity index (χ0) is 14.7. The van der Waals surface area contributed by atoms with Gasteiger partial charge in [0.05, 0.1) is 6.07 Å². The number of aryl methyl sites for hydroxylation is 1. The normalized spacial score (nSPS) is 11.7. The Bertz CT molecular complexity index is 706. The van der Waals surface area contributed by atoms with Crippen LogP contribution in [0.2, 0.25) is 5.02 Å². The minimum absolute atomic E-state index is 0.217. The van der Waals surface area contributed by atoms with Gasteiger partial charge < -0.3 is 0 Å². The molecule has 2 aromatic rings. The van der Waals surface area contributed by atoms with Crippen LogP contribution in [0.4, 0.5) is 0 Å². The number of rotatable bonds is 3. The van der Waals surface area contributed by atoms with Crippen LogP contribution in [0.15, 0.2) is 46.9 Å². The lowest BCUT2D eigenvalue weighted by Crippen LogP contribution is -2.11. The molecule has 1 unspecified atom stereocenters. The van der Waals surface area contributed by atoms with Gasteiger partial charge in [0.25, 0.3) is 0 Å². The van der Waals surface area contributed by atoms with E-state index in [9.17, 15) is 10.1 Å². The van der Waals surface area contributed by atoms with Crippen molar-refractivity contribution in [3.63, 3.8) is 0 Å². The number of Topliss-reactive ketones (excluding diaryl/α,β-unsaturated/α-hetero) is 1. The van der Waals surface area contributed by atoms with Crippen molar-refractivity contribution in [2.45, 2.75) is 12.8 Å². The second-order valence-electron chi connectivity index (χ2n) is 4.45. The van der Waals surface area contributed by atoms with Gasteiger partial charge in [0, 0.05) is 15.1 Å². The van der Waals surface area contributed by atoms with Crippen LogP contribution >= 0.6 is 27.5 Å². The highest BCUT2D eigenvalue weighted by atomic mass is 79.9. The van der Waals surface area contributed by atoms with Crippen molar-refractivity contribution in [3.05, 3.63) is 68.7 Å². The molecule has 100 valence electrons. The average molecular weight is 349 g/mol. The van der Waals surface area contributed by atoms with Gasteiger partial charge in [-0.3, -0.25) is 4.79 Å². The van der Waals surface area contributed by atoms with E-state index in [0.717, 1.165) is 10.0 Å². The third-order valence-electron chi connectivity index (χ3n) is 3.02. The van der Waals surface area contributed by atoms with Gasteiger partial charge in [0.1, 0.15) is 5.92 Å². The summed E-state index contributed by atoms with van der Waals surface area (Å²) in [7, 11) is 0. The first-order chi connectivity index (χ1) is 9.52. The number of ketones is 1. The predicted octanol–water partition coefficient (Wildman–Crippen LogP) is 4.90. The second-order valence-corrected chi connectivity index (χ2v) is 5.74. The van der Waals surface area contributed by atoms with Gasteiger partial charge in [-0.05, 0) is 42.3 Å². The number of halogens is 2. The zero-order valence-corrected chi connectivity index (χ0v) is 13.1. The van der Waals surface area contributed by atoms with E-state index in [2.05, 4.69) is 22.0 Å². The number of benzene rings is 2. The van der Waals surface area contributed by atoms with Crippen LogP contribution in [0, 0.1) is 18.3 Å². The van der Waals surface area contributed by atoms with Crippen LogP contribution in [-0.4, -0.2) is 5.78 Å². The fourth-order valence-corrected chi connectivity index (χ4v) is 2.38. The van der Waals surface area contributed by atoms with Crippen molar-refractivity contribution >= 4 is 33.3 Å². The fraction of sp³-hybridized carbons (Fsp3) is 0.125. The molecular formula is C16H11BrClNO. The Morgan fingerprint density at radius 2 is 2.05 bits per heavy atom. The molecule has 2 aromatic carbocycles. The van der Waals surface area contributed by atoms with Crippen LogP contribution < -0.4 is 0 Å². The van der Waals surface area contributed by atoms with Crippen molar-refractivity contribution in [1.82, 2.24) is 0 Å². The van der Waals surface area contributed by atoms with Gasteiger partial charge in [-0.2, -0.15) is 5.26 Å². The topological polar surface area (TPSA) is 40.9 Å². The highest BCUT2D eigenvalue weighted by Gasteiger charge is 2.22. The lowest BCUT2D eigenvalue weighted by Gasteiger charge is -2.10. The van der Waals surface area contributed by atoms with Crippen LogP contribution in [0.3, 0.4) is 0 Å². The molecule has 0 aliphatic heterocycles. The molecule has 0 N–H and O–H groups in total. The SMILES string of the molecule is Cc1cc(C(=O)C(C#N)c2cccc(Cl)c2)ccc1Br. The summed E-state index contributed by atoms with van der Waals surface area (Å²) in [6, 6.07) is 14.2. The second kappa shape index (κ2) is 6.21. The summed E-state index contributed by atoms with van der Waals surface area (Å²) < 4.78 is 0.935. The van der Waals surface area contributed by atoms with Crippen molar-refractivity contribution in [3.8, 4) is 6.07 Å². The van der Waals surface area contributed by atoms with E-state index in [-0.39, 0.29) is 5.78 Å². The van der Waals surface area contributed by atoms with Crippen LogP contribution in [0.1, 0.15) is 27.4 Å². The third-order valence-corrected chi connectivity index (χ3v) is 4.14. The van der Waals surface area contributed by atoms with E-state index >= 15 is 0 Å². The van der Waals surface area contributed by atoms with Crippen LogP contribution in [0.5, 0.6) is 0 Å². The van der Waals surface area contributed by atoms with Crippen LogP contribution in [0.25, 0.3) is 0 Å². The first kappa shape index (κ1) is 14.8. The summed E-state index contributed by atoms with van der Waals surface area (Å²) in [6.07, 6.45) is 0. The van der Waals surface area contributed by atoms with E-state index < -0.39 is 5.92 Å². The maximum atomic E-state index is 12.5. The standard InChI is InChI=1S/C16H11BrClNO/c1-10-7-12(5-6-15(10)17)16(20)14(9-19)11-3-2-4-13(18)8-11/h2-8,14H,1H3. The summed E-state index contributed by atoms with van der Waals surface area (Å²) in [4.78, 5) is 12.5. The first-order valence-corrected chi connectivity index (χ1v) is 7.15. The highest BCUT2D eigenvalue weighted by Crippen LogP contribution is 2.25. The highest BCUT2D eigenvalue weighted by molar-refractivity contribution is 9.10. The van der Waals surface area contributed by atoms with E-state index in [1.807, 2.05) is 13.0 Å². The molecule has 1 atom stereocenters. The molecular weight excluding hydrogens is 338 g/mol. The van der Waals surface area contributed by atoms with Gasteiger partial charge in [-0.1, -0.05) is 45.7 Å². The molecule has 4 heteroatoms. The number of carbonyl (C=O) groups excluding carboxylic acids is 1. The molecule has 0 aromatic heterocycles. The van der Waals surface area contributed by atoms with Gasteiger partial charge in [-0.25, -0.2) is 0 Å². The monoisotopic (exact) mass is 347 g/mol. The van der Waals surface area contributed by atoms with Crippen LogP contribution in [-0.2, 0) is 0 Å². The Morgan fingerprint density at radius 1 is 1.30 bits per heavy atom. The zero-order valence-electron chi connectivity index (χ0n) is 10.7. The number of nitrogens with zero attached hydrogens (tertiary/aromatic N) is 1. The predicted molar refractivity (Wildman–Crippen MR) is 83.0 cm³/mol. The summed E-state index contributed by atoms with van der Waals surface area (Å²) in [5.41, 5.74) is 2.10. The number of hydrogen-bond donors (Lipinski definition) is 0. The molecule has 0 aliphatic carbocycles. The Kier molecular flexibility index (Phi) is 4.59. The minimum atomic E-state index is -0.839. The average Bonchev–Trinajstić information content (AvgIpc) is 2.42. The van der Waals surface area contributed by atoms with E-state index in [1.165, 1.54) is 0 Å². The fourth-order valence-electron chi connectivity index (χ4n) is 1.94. The Morgan fingerprint density at radius 3 is 2.65 bits per heavy atom. The molecule has 2 nitrogen and oxygen atoms in total. The van der Waals surface area contributed by atoms with Crippen molar-refractivity contribution in [1.29, 1.82) is 5.26 Å². The quantitative estimate of drug-likeness (QED) is 0.740. The van der Waals surface area contributed by atoms with Crippen molar-refractivity contribution in [2.24, 2.45) is 0 Å². The lowest BCUT2D eigenvalue weighted by atomic mass is 9.91. The molecule has 0 heterocycles. The smallest absolute Gasteiger partial charge is 0.184 e. The van der Waals surface area contributed by atoms with Gasteiger partial charge in [0.15, 0.2) is 5.78 Å². The molecule has 2 rings (SSSR count). The minimum Gasteiger partial charge on any atom is -0.292 e. The summed E-state index contributed by atoms with van der Waals surface area (Å²) in [6.45, 7) is 1.90. The molecule has 0 saturated carbocycles. The molecule has 0 bridgehead atoms. The maximum Gasteiger partial charge on any atom is 0.184 e.